The third-order valence-corrected chi connectivity index (χ3v) is 15.0. The van der Waals surface area contributed by atoms with E-state index < -0.39 is 54.5 Å². The monoisotopic (exact) mass is 915 g/mol. The van der Waals surface area contributed by atoms with Crippen molar-refractivity contribution >= 4 is 30.7 Å². The number of rotatable bonds is 22. The second kappa shape index (κ2) is 23.2. The molecule has 7 rings (SSSR count). The van der Waals surface area contributed by atoms with Crippen molar-refractivity contribution in [3.05, 3.63) is 47.5 Å². The van der Waals surface area contributed by atoms with E-state index in [1.807, 2.05) is 31.2 Å². The average molecular weight is 915 g/mol. The van der Waals surface area contributed by atoms with Crippen molar-refractivity contribution in [2.45, 2.75) is 174 Å². The molecule has 15 heteroatoms. The number of benzene rings is 2. The summed E-state index contributed by atoms with van der Waals surface area (Å²) in [6.07, 6.45) is 15.1. The first-order valence-electron chi connectivity index (χ1n) is 25.1. The molecule has 4 amide bonds. The van der Waals surface area contributed by atoms with Crippen molar-refractivity contribution in [3.63, 3.8) is 0 Å². The molecule has 2 aliphatic heterocycles. The van der Waals surface area contributed by atoms with E-state index in [0.29, 0.717) is 46.4 Å². The summed E-state index contributed by atoms with van der Waals surface area (Å²) in [6, 6.07) is 7.75. The first-order chi connectivity index (χ1) is 31.6. The Morgan fingerprint density at radius 1 is 0.864 bits per heavy atom. The maximum Gasteiger partial charge on any atom is 0.481 e. The van der Waals surface area contributed by atoms with E-state index in [1.165, 1.54) is 49.8 Å². The molecule has 5 aliphatic rings. The number of ether oxygens (including phenoxy) is 2. The number of hydrogen-bond acceptors (Lipinski definition) is 10. The van der Waals surface area contributed by atoms with Crippen LogP contribution in [0.25, 0.3) is 11.1 Å². The normalized spacial score (nSPS) is 25.9. The molecule has 14 nitrogen and oxygen atoms in total. The molecule has 7 N–H and O–H groups in total. The number of carbonyl (C=O) groups is 4. The number of nitrogens with one attached hydrogen (secondary N) is 3. The minimum Gasteiger partial charge on any atom is -0.492 e. The van der Waals surface area contributed by atoms with Crippen LogP contribution < -0.4 is 36.9 Å². The molecule has 6 bridgehead atoms. The molecular formula is C51H79BN6O8. The van der Waals surface area contributed by atoms with Crippen molar-refractivity contribution in [1.29, 1.82) is 0 Å². The largest absolute Gasteiger partial charge is 0.492 e. The molecular weight excluding hydrogens is 835 g/mol. The molecule has 0 spiro atoms. The Balaban J connectivity index is 1.24. The second-order valence-corrected chi connectivity index (χ2v) is 20.2. The van der Waals surface area contributed by atoms with Gasteiger partial charge in [0, 0.05) is 44.1 Å². The zero-order chi connectivity index (χ0) is 47.6. The third-order valence-electron chi connectivity index (χ3n) is 15.0. The highest BCUT2D eigenvalue weighted by Crippen LogP contribution is 2.65. The van der Waals surface area contributed by atoms with Gasteiger partial charge in [0.05, 0.1) is 17.6 Å². The minimum atomic E-state index is -1.10. The summed E-state index contributed by atoms with van der Waals surface area (Å²) in [5.41, 5.74) is 14.0. The lowest BCUT2D eigenvalue weighted by Gasteiger charge is -2.64. The number of fused-ring (bicyclic) bond motifs is 5. The number of nitrogens with two attached hydrogens (primary N) is 2. The van der Waals surface area contributed by atoms with Gasteiger partial charge in [-0.3, -0.25) is 19.2 Å². The third kappa shape index (κ3) is 11.9. The number of hydrogen-bond donors (Lipinski definition) is 5. The quantitative estimate of drug-likeness (QED) is 0.0639. The van der Waals surface area contributed by atoms with E-state index in [0.717, 1.165) is 37.7 Å². The summed E-state index contributed by atoms with van der Waals surface area (Å²) < 4.78 is 25.6. The molecule has 0 aromatic heterocycles. The van der Waals surface area contributed by atoms with Crippen LogP contribution in [0.3, 0.4) is 0 Å². The number of amides is 4. The van der Waals surface area contributed by atoms with Crippen LogP contribution in [0.15, 0.2) is 36.4 Å². The summed E-state index contributed by atoms with van der Waals surface area (Å²) in [4.78, 5) is 58.4. The van der Waals surface area contributed by atoms with Gasteiger partial charge < -0.3 is 51.1 Å². The number of nitrogens with zero attached hydrogens (tertiary/aromatic N) is 1. The van der Waals surface area contributed by atoms with E-state index in [-0.39, 0.29) is 56.6 Å². The van der Waals surface area contributed by atoms with Gasteiger partial charge in [0.15, 0.2) is 0 Å². The van der Waals surface area contributed by atoms with Gasteiger partial charge in [0.25, 0.3) is 0 Å². The van der Waals surface area contributed by atoms with Crippen LogP contribution in [0, 0.1) is 17.3 Å². The summed E-state index contributed by atoms with van der Waals surface area (Å²) in [7, 11) is 0.967. The van der Waals surface area contributed by atoms with Gasteiger partial charge in [0.1, 0.15) is 42.8 Å². The van der Waals surface area contributed by atoms with E-state index in [4.69, 9.17) is 30.2 Å². The lowest BCUT2D eigenvalue weighted by Crippen LogP contribution is -2.65. The molecule has 66 heavy (non-hydrogen) atoms. The first kappa shape index (κ1) is 51.2. The van der Waals surface area contributed by atoms with Crippen molar-refractivity contribution in [2.75, 3.05) is 33.4 Å². The zero-order valence-electron chi connectivity index (χ0n) is 40.9. The average Bonchev–Trinajstić information content (AvgIpc) is 3.66. The molecule has 364 valence electrons. The highest BCUT2D eigenvalue weighted by molar-refractivity contribution is 6.47. The fourth-order valence-corrected chi connectivity index (χ4v) is 10.9. The lowest BCUT2D eigenvalue weighted by atomic mass is 9.43. The molecule has 0 radical (unpaired) electrons. The van der Waals surface area contributed by atoms with Crippen LogP contribution in [0.5, 0.6) is 11.5 Å². The predicted octanol–water partition coefficient (Wildman–Crippen LogP) is 6.55. The van der Waals surface area contributed by atoms with Crippen LogP contribution in [-0.2, 0) is 34.9 Å². The number of unbranched alkanes of at least 4 members (excludes halogenated alkanes) is 10. The molecule has 2 aromatic carbocycles. The molecule has 2 heterocycles. The molecule has 2 aromatic rings. The summed E-state index contributed by atoms with van der Waals surface area (Å²) in [6.45, 7) is 13.4. The molecule has 4 fully saturated rings. The van der Waals surface area contributed by atoms with Gasteiger partial charge >= 0.3 is 7.12 Å². The van der Waals surface area contributed by atoms with E-state index in [2.05, 4.69) is 43.6 Å². The maximum absolute atomic E-state index is 14.5. The summed E-state index contributed by atoms with van der Waals surface area (Å²) in [5, 5.41) is 8.92. The van der Waals surface area contributed by atoms with Crippen LogP contribution in [0.2, 0.25) is 0 Å². The van der Waals surface area contributed by atoms with Gasteiger partial charge in [-0.15, -0.1) is 0 Å². The van der Waals surface area contributed by atoms with Gasteiger partial charge in [0.2, 0.25) is 23.6 Å². The van der Waals surface area contributed by atoms with Gasteiger partial charge in [-0.25, -0.2) is 0 Å². The minimum absolute atomic E-state index is 0.0597. The van der Waals surface area contributed by atoms with Crippen LogP contribution in [-0.4, -0.2) is 98.7 Å². The maximum atomic E-state index is 14.5. The van der Waals surface area contributed by atoms with Crippen molar-refractivity contribution < 1.29 is 38.0 Å². The molecule has 3 saturated carbocycles. The Bertz CT molecular complexity index is 1980. The fourth-order valence-electron chi connectivity index (χ4n) is 10.9. The molecule has 8 atom stereocenters. The van der Waals surface area contributed by atoms with E-state index >= 15 is 0 Å². The lowest BCUT2D eigenvalue weighted by molar-refractivity contribution is -0.199. The van der Waals surface area contributed by atoms with Crippen molar-refractivity contribution in [3.8, 4) is 22.6 Å². The zero-order valence-corrected chi connectivity index (χ0v) is 40.9. The highest BCUT2D eigenvalue weighted by Gasteiger charge is 2.68. The summed E-state index contributed by atoms with van der Waals surface area (Å²) >= 11 is 0. The molecule has 1 saturated heterocycles. The van der Waals surface area contributed by atoms with Crippen LogP contribution in [0.1, 0.15) is 149 Å². The summed E-state index contributed by atoms with van der Waals surface area (Å²) in [5.74, 6) is -0.297. The topological polar surface area (TPSA) is 197 Å². The Morgan fingerprint density at radius 2 is 1.47 bits per heavy atom. The Kier molecular flexibility index (Phi) is 18.0. The highest BCUT2D eigenvalue weighted by atomic mass is 16.7. The van der Waals surface area contributed by atoms with Gasteiger partial charge in [-0.1, -0.05) is 97.1 Å². The number of carbonyl (C=O) groups excluding carboxylic acids is 4. The Morgan fingerprint density at radius 3 is 2.09 bits per heavy atom. The Labute approximate surface area is 394 Å². The van der Waals surface area contributed by atoms with Gasteiger partial charge in [-0.2, -0.15) is 0 Å². The predicted molar refractivity (Wildman–Crippen MR) is 259 cm³/mol. The standard InChI is InChI=1S/C51H79BN6O8/c1-8-9-10-11-12-13-14-15-16-17-18-19-45(59)58(7)46-36-21-23-42(64-27-25-54)39(30-36)38-28-35(20-22-41(38)63-26-24-53)29-40(57-47(60)33(2)55-49(46)62)48(61)56-34(3)52-65-44-32-37-31-43(50(37,4)5)51(44,6)66-52/h20-23,28,30,33-34,37,40,43-44,46H,8-19,24-27,29,31-32,53-54H2,1-7H3,(H,55,62)(H,56,61)(H,57,60)/t33-,34-,37-,40-,43-,44+,46-,51-/m0/s1. The van der Waals surface area contributed by atoms with E-state index in [9.17, 15) is 19.2 Å². The van der Waals surface area contributed by atoms with Crippen molar-refractivity contribution in [2.24, 2.45) is 28.7 Å². The molecule has 0 unspecified atom stereocenters. The van der Waals surface area contributed by atoms with Crippen LogP contribution >= 0.6 is 0 Å². The smallest absolute Gasteiger partial charge is 0.481 e. The Hall–Kier alpha value is -4.18. The second-order valence-electron chi connectivity index (χ2n) is 20.2. The molecule has 3 aliphatic carbocycles. The SMILES string of the molecule is CCCCCCCCCCCCCC(=O)N(C)[C@@H]1C(=O)N[C@@H](C)C(=O)N[C@H](C(=O)N[C@@H](C)B2O[C@@H]3C[C@@H]4C[C@@H](C4(C)C)[C@]3(C)O2)Cc2ccc(OCCN)c(c2)-c2cc1ccc2OCCN. The van der Waals surface area contributed by atoms with E-state index in [1.54, 1.807) is 26.1 Å². The van der Waals surface area contributed by atoms with Crippen molar-refractivity contribution in [1.82, 2.24) is 20.9 Å². The number of likely N-dealkylation sites (N-methyl/N-ethyl adjacent to an activating group) is 1. The fraction of sp³-hybridized carbons (Fsp3) is 0.686. The van der Waals surface area contributed by atoms with Crippen LogP contribution in [0.4, 0.5) is 0 Å². The van der Waals surface area contributed by atoms with Gasteiger partial charge in [-0.05, 0) is 92.7 Å². The first-order valence-corrected chi connectivity index (χ1v) is 25.1.